The topological polar surface area (TPSA) is 54.9 Å². The number of nitrogens with zero attached hydrogens (tertiary/aromatic N) is 3. The first-order chi connectivity index (χ1) is 15.2. The molecule has 0 N–H and O–H groups in total. The van der Waals surface area contributed by atoms with Gasteiger partial charge in [-0.15, -0.1) is 22.7 Å². The summed E-state index contributed by atoms with van der Waals surface area (Å²) in [7, 11) is 1.65. The van der Waals surface area contributed by atoms with Crippen LogP contribution in [0.1, 0.15) is 16.1 Å². The summed E-state index contributed by atoms with van der Waals surface area (Å²) in [6.07, 6.45) is 0.881. The summed E-state index contributed by atoms with van der Waals surface area (Å²) >= 11 is 6.45. The highest BCUT2D eigenvalue weighted by Crippen LogP contribution is 2.32. The number of thiazole rings is 1. The summed E-state index contributed by atoms with van der Waals surface area (Å²) in [4.78, 5) is 23.1. The van der Waals surface area contributed by atoms with Crippen LogP contribution in [-0.4, -0.2) is 62.3 Å². The molecule has 0 aliphatic carbocycles. The Morgan fingerprint density at radius 1 is 1.23 bits per heavy atom. The van der Waals surface area contributed by atoms with Crippen LogP contribution in [0.3, 0.4) is 0 Å². The van der Waals surface area contributed by atoms with E-state index in [4.69, 9.17) is 14.5 Å². The Balaban J connectivity index is 1.52. The minimum absolute atomic E-state index is 0.0144. The molecular weight excluding hydrogens is 498 g/mol. The third-order valence-electron chi connectivity index (χ3n) is 5.13. The molecule has 31 heavy (non-hydrogen) atoms. The Labute approximate surface area is 198 Å². The molecule has 0 atom stereocenters. The summed E-state index contributed by atoms with van der Waals surface area (Å²) in [6.45, 7) is 5.02. The average Bonchev–Trinajstić information content (AvgIpc) is 3.46. The van der Waals surface area contributed by atoms with Gasteiger partial charge in [0, 0.05) is 41.6 Å². The van der Waals surface area contributed by atoms with Gasteiger partial charge < -0.3 is 9.47 Å². The lowest BCUT2D eigenvalue weighted by molar-refractivity contribution is 0.0376. The SMILES string of the molecule is COc1ccc(-c2csc(N(CCCN3CCOCC3)C(=O)c3sccc3Br)n2)cc1. The van der Waals surface area contributed by atoms with Gasteiger partial charge in [-0.2, -0.15) is 0 Å². The van der Waals surface area contributed by atoms with Gasteiger partial charge in [0.25, 0.3) is 5.91 Å². The van der Waals surface area contributed by atoms with Crippen molar-refractivity contribution >= 4 is 49.6 Å². The molecule has 0 bridgehead atoms. The number of thiophene rings is 1. The summed E-state index contributed by atoms with van der Waals surface area (Å²) < 4.78 is 11.5. The Bertz CT molecular complexity index is 1000. The molecule has 1 saturated heterocycles. The Kier molecular flexibility index (Phi) is 7.73. The van der Waals surface area contributed by atoms with Crippen molar-refractivity contribution < 1.29 is 14.3 Å². The van der Waals surface area contributed by atoms with Crippen LogP contribution in [0.5, 0.6) is 5.75 Å². The van der Waals surface area contributed by atoms with Crippen molar-refractivity contribution in [2.45, 2.75) is 6.42 Å². The number of aromatic nitrogens is 1. The fourth-order valence-corrected chi connectivity index (χ4v) is 5.76. The molecule has 0 radical (unpaired) electrons. The number of rotatable bonds is 8. The molecule has 0 unspecified atom stereocenters. The lowest BCUT2D eigenvalue weighted by Gasteiger charge is -2.27. The van der Waals surface area contributed by atoms with Gasteiger partial charge in [-0.25, -0.2) is 4.98 Å². The van der Waals surface area contributed by atoms with Gasteiger partial charge >= 0.3 is 0 Å². The van der Waals surface area contributed by atoms with E-state index in [1.54, 1.807) is 7.11 Å². The van der Waals surface area contributed by atoms with E-state index in [1.165, 1.54) is 22.7 Å². The molecular formula is C22H24BrN3O3S2. The number of carbonyl (C=O) groups is 1. The molecule has 2 aromatic heterocycles. The van der Waals surface area contributed by atoms with Crippen LogP contribution in [0.25, 0.3) is 11.3 Å². The fourth-order valence-electron chi connectivity index (χ4n) is 3.41. The highest BCUT2D eigenvalue weighted by atomic mass is 79.9. The molecule has 1 fully saturated rings. The number of methoxy groups -OCH3 is 1. The van der Waals surface area contributed by atoms with Crippen molar-refractivity contribution in [2.24, 2.45) is 0 Å². The normalized spacial score (nSPS) is 14.5. The number of hydrogen-bond donors (Lipinski definition) is 0. The zero-order chi connectivity index (χ0) is 21.6. The van der Waals surface area contributed by atoms with E-state index in [0.29, 0.717) is 11.4 Å². The standard InChI is InChI=1S/C22H24BrN3O3S2/c1-28-17-5-3-16(4-6-17)19-15-31-22(24-19)26(21(27)20-18(23)7-14-30-20)9-2-8-25-10-12-29-13-11-25/h3-7,14-15H,2,8-13H2,1H3. The number of morpholine rings is 1. The molecule has 9 heteroatoms. The second kappa shape index (κ2) is 10.7. The molecule has 0 spiro atoms. The maximum Gasteiger partial charge on any atom is 0.271 e. The summed E-state index contributed by atoms with van der Waals surface area (Å²) in [5.74, 6) is 0.793. The highest BCUT2D eigenvalue weighted by molar-refractivity contribution is 9.10. The first-order valence-electron chi connectivity index (χ1n) is 10.1. The number of benzene rings is 1. The van der Waals surface area contributed by atoms with Crippen molar-refractivity contribution in [1.29, 1.82) is 0 Å². The van der Waals surface area contributed by atoms with Crippen molar-refractivity contribution in [3.05, 3.63) is 50.4 Å². The first kappa shape index (κ1) is 22.4. The van der Waals surface area contributed by atoms with Crippen LogP contribution >= 0.6 is 38.6 Å². The predicted molar refractivity (Wildman–Crippen MR) is 130 cm³/mol. The monoisotopic (exact) mass is 521 g/mol. The number of amides is 1. The summed E-state index contributed by atoms with van der Waals surface area (Å²) in [6, 6.07) is 9.72. The maximum atomic E-state index is 13.4. The van der Waals surface area contributed by atoms with Crippen LogP contribution in [0, 0.1) is 0 Å². The molecule has 1 amide bonds. The number of ether oxygens (including phenoxy) is 2. The van der Waals surface area contributed by atoms with Gasteiger partial charge in [-0.1, -0.05) is 0 Å². The lowest BCUT2D eigenvalue weighted by Crippen LogP contribution is -2.39. The predicted octanol–water partition coefficient (Wildman–Crippen LogP) is 5.01. The molecule has 1 aromatic carbocycles. The lowest BCUT2D eigenvalue weighted by atomic mass is 10.2. The van der Waals surface area contributed by atoms with E-state index in [1.807, 2.05) is 46.0 Å². The number of hydrogen-bond acceptors (Lipinski definition) is 7. The fraction of sp³-hybridized carbons (Fsp3) is 0.364. The first-order valence-corrected chi connectivity index (χ1v) is 12.7. The molecule has 1 aliphatic rings. The Morgan fingerprint density at radius 2 is 2.00 bits per heavy atom. The quantitative estimate of drug-likeness (QED) is 0.416. The molecule has 3 aromatic rings. The van der Waals surface area contributed by atoms with E-state index in [9.17, 15) is 4.79 Å². The van der Waals surface area contributed by atoms with E-state index in [2.05, 4.69) is 20.8 Å². The van der Waals surface area contributed by atoms with Gasteiger partial charge in [0.05, 0.1) is 26.0 Å². The van der Waals surface area contributed by atoms with Crippen molar-refractivity contribution in [3.63, 3.8) is 0 Å². The number of halogens is 1. The van der Waals surface area contributed by atoms with E-state index < -0.39 is 0 Å². The molecule has 3 heterocycles. The number of anilines is 1. The largest absolute Gasteiger partial charge is 0.497 e. The van der Waals surface area contributed by atoms with Gasteiger partial charge in [0.2, 0.25) is 0 Å². The van der Waals surface area contributed by atoms with Crippen molar-refractivity contribution in [1.82, 2.24) is 9.88 Å². The molecule has 164 valence electrons. The Morgan fingerprint density at radius 3 is 2.68 bits per heavy atom. The smallest absolute Gasteiger partial charge is 0.271 e. The zero-order valence-corrected chi connectivity index (χ0v) is 20.5. The molecule has 0 saturated carbocycles. The second-order valence-electron chi connectivity index (χ2n) is 7.11. The van der Waals surface area contributed by atoms with Crippen LogP contribution in [0.15, 0.2) is 45.6 Å². The minimum Gasteiger partial charge on any atom is -0.497 e. The van der Waals surface area contributed by atoms with Gasteiger partial charge in [-0.05, 0) is 58.1 Å². The highest BCUT2D eigenvalue weighted by Gasteiger charge is 2.24. The van der Waals surface area contributed by atoms with Crippen LogP contribution < -0.4 is 9.64 Å². The minimum atomic E-state index is -0.0144. The zero-order valence-electron chi connectivity index (χ0n) is 17.3. The molecule has 6 nitrogen and oxygen atoms in total. The second-order valence-corrected chi connectivity index (χ2v) is 9.71. The van der Waals surface area contributed by atoms with Crippen LogP contribution in [-0.2, 0) is 4.74 Å². The Hall–Kier alpha value is -1.78. The van der Waals surface area contributed by atoms with Gasteiger partial charge in [-0.3, -0.25) is 14.6 Å². The van der Waals surface area contributed by atoms with E-state index >= 15 is 0 Å². The average molecular weight is 522 g/mol. The molecule has 4 rings (SSSR count). The van der Waals surface area contributed by atoms with Crippen molar-refractivity contribution in [2.75, 3.05) is 51.4 Å². The van der Waals surface area contributed by atoms with Crippen LogP contribution in [0.2, 0.25) is 0 Å². The molecule has 1 aliphatic heterocycles. The number of carbonyl (C=O) groups excluding carboxylic acids is 1. The third kappa shape index (κ3) is 5.53. The summed E-state index contributed by atoms with van der Waals surface area (Å²) in [5.41, 5.74) is 1.86. The third-order valence-corrected chi connectivity index (χ3v) is 7.81. The van der Waals surface area contributed by atoms with Crippen LogP contribution in [0.4, 0.5) is 5.13 Å². The maximum absolute atomic E-state index is 13.4. The van der Waals surface area contributed by atoms with Gasteiger partial charge in [0.15, 0.2) is 5.13 Å². The van der Waals surface area contributed by atoms with E-state index in [-0.39, 0.29) is 5.91 Å². The van der Waals surface area contributed by atoms with E-state index in [0.717, 1.165) is 65.9 Å². The van der Waals surface area contributed by atoms with Gasteiger partial charge in [0.1, 0.15) is 10.6 Å². The summed E-state index contributed by atoms with van der Waals surface area (Å²) in [5, 5.41) is 4.65. The van der Waals surface area contributed by atoms with Crippen molar-refractivity contribution in [3.8, 4) is 17.0 Å².